The Balaban J connectivity index is 2.16. The molecule has 0 radical (unpaired) electrons. The summed E-state index contributed by atoms with van der Waals surface area (Å²) < 4.78 is 7.03. The summed E-state index contributed by atoms with van der Waals surface area (Å²) in [5.41, 5.74) is 2.06. The largest absolute Gasteiger partial charge is 0.496 e. The third-order valence-corrected chi connectivity index (χ3v) is 4.26. The number of ether oxygens (including phenoxy) is 1. The fraction of sp³-hybridized carbons (Fsp3) is 0.308. The minimum Gasteiger partial charge on any atom is -0.496 e. The van der Waals surface area contributed by atoms with Crippen molar-refractivity contribution in [3.63, 3.8) is 0 Å². The first kappa shape index (κ1) is 13.3. The Morgan fingerprint density at radius 2 is 2.11 bits per heavy atom. The lowest BCUT2D eigenvalue weighted by atomic mass is 10.3. The highest BCUT2D eigenvalue weighted by atomic mass is 35.5. The fourth-order valence-corrected chi connectivity index (χ4v) is 3.16. The number of thioether (sulfide) groups is 1. The second kappa shape index (κ2) is 5.67. The number of aromatic nitrogens is 2. The van der Waals surface area contributed by atoms with Gasteiger partial charge in [0.25, 0.3) is 0 Å². The molecule has 0 saturated carbocycles. The van der Waals surface area contributed by atoms with E-state index in [0.29, 0.717) is 5.15 Å². The van der Waals surface area contributed by atoms with Crippen molar-refractivity contribution < 1.29 is 4.74 Å². The predicted octanol–water partition coefficient (Wildman–Crippen LogP) is 3.68. The molecule has 2 rings (SSSR count). The van der Waals surface area contributed by atoms with Crippen LogP contribution in [0.5, 0.6) is 5.75 Å². The van der Waals surface area contributed by atoms with Crippen LogP contribution in [0.25, 0.3) is 0 Å². The number of hydrogen-bond donors (Lipinski definition) is 0. The summed E-state index contributed by atoms with van der Waals surface area (Å²) in [5, 5.41) is 5.01. The summed E-state index contributed by atoms with van der Waals surface area (Å²) in [6.07, 6.45) is 0. The molecular weight excluding hydrogens is 268 g/mol. The third-order valence-electron chi connectivity index (χ3n) is 2.71. The van der Waals surface area contributed by atoms with E-state index in [2.05, 4.69) is 5.10 Å². The van der Waals surface area contributed by atoms with Gasteiger partial charge in [-0.25, -0.2) is 0 Å². The van der Waals surface area contributed by atoms with Crippen molar-refractivity contribution in [2.45, 2.75) is 17.6 Å². The fourth-order valence-electron chi connectivity index (χ4n) is 1.73. The molecule has 2 aromatic rings. The van der Waals surface area contributed by atoms with Gasteiger partial charge in [-0.1, -0.05) is 23.7 Å². The van der Waals surface area contributed by atoms with E-state index in [4.69, 9.17) is 16.3 Å². The molecule has 3 nitrogen and oxygen atoms in total. The lowest BCUT2D eigenvalue weighted by Gasteiger charge is -2.07. The summed E-state index contributed by atoms with van der Waals surface area (Å²) in [6, 6.07) is 7.97. The van der Waals surface area contributed by atoms with Gasteiger partial charge >= 0.3 is 0 Å². The molecule has 0 atom stereocenters. The standard InChI is InChI=1S/C13H15ClN2OS/c1-9-10(13(14)16(2)15-9)8-18-12-7-5-4-6-11(12)17-3/h4-7H,8H2,1-3H3. The molecule has 0 spiro atoms. The van der Waals surface area contributed by atoms with Gasteiger partial charge in [0.2, 0.25) is 0 Å². The van der Waals surface area contributed by atoms with Crippen LogP contribution < -0.4 is 4.74 Å². The van der Waals surface area contributed by atoms with Gasteiger partial charge in [-0.2, -0.15) is 5.10 Å². The van der Waals surface area contributed by atoms with Crippen LogP contribution in [0.2, 0.25) is 5.15 Å². The van der Waals surface area contributed by atoms with Crippen LogP contribution in [-0.4, -0.2) is 16.9 Å². The molecule has 1 aromatic carbocycles. The summed E-state index contributed by atoms with van der Waals surface area (Å²) in [5.74, 6) is 1.68. The molecule has 0 N–H and O–H groups in total. The second-order valence-corrected chi connectivity index (χ2v) is 5.29. The number of rotatable bonds is 4. The zero-order valence-electron chi connectivity index (χ0n) is 10.6. The minimum atomic E-state index is 0.704. The van der Waals surface area contributed by atoms with Crippen molar-refractivity contribution in [2.75, 3.05) is 7.11 Å². The molecule has 1 aromatic heterocycles. The van der Waals surface area contributed by atoms with Gasteiger partial charge in [0.05, 0.1) is 12.8 Å². The van der Waals surface area contributed by atoms with E-state index < -0.39 is 0 Å². The molecule has 0 aliphatic carbocycles. The number of benzene rings is 1. The normalized spacial score (nSPS) is 10.7. The van der Waals surface area contributed by atoms with Crippen LogP contribution in [0.15, 0.2) is 29.2 Å². The molecule has 5 heteroatoms. The number of para-hydroxylation sites is 1. The van der Waals surface area contributed by atoms with Crippen LogP contribution >= 0.6 is 23.4 Å². The van der Waals surface area contributed by atoms with Crippen molar-refractivity contribution >= 4 is 23.4 Å². The Labute approximate surface area is 116 Å². The second-order valence-electron chi connectivity index (χ2n) is 3.92. The van der Waals surface area contributed by atoms with Gasteiger partial charge in [0.1, 0.15) is 10.9 Å². The first-order valence-electron chi connectivity index (χ1n) is 5.57. The number of nitrogens with zero attached hydrogens (tertiary/aromatic N) is 2. The third kappa shape index (κ3) is 2.65. The molecule has 0 saturated heterocycles. The molecule has 18 heavy (non-hydrogen) atoms. The number of halogens is 1. The summed E-state index contributed by atoms with van der Waals surface area (Å²) in [7, 11) is 3.54. The molecule has 1 heterocycles. The molecule has 0 bridgehead atoms. The van der Waals surface area contributed by atoms with E-state index >= 15 is 0 Å². The Bertz CT molecular complexity index is 554. The Hall–Kier alpha value is -1.13. The van der Waals surface area contributed by atoms with Crippen LogP contribution in [0.4, 0.5) is 0 Å². The number of aryl methyl sites for hydroxylation is 2. The maximum Gasteiger partial charge on any atom is 0.132 e. The molecule has 0 unspecified atom stereocenters. The highest BCUT2D eigenvalue weighted by molar-refractivity contribution is 7.98. The number of hydrogen-bond acceptors (Lipinski definition) is 3. The van der Waals surface area contributed by atoms with Crippen LogP contribution in [0, 0.1) is 6.92 Å². The smallest absolute Gasteiger partial charge is 0.132 e. The molecule has 96 valence electrons. The van der Waals surface area contributed by atoms with E-state index in [0.717, 1.165) is 27.7 Å². The van der Waals surface area contributed by atoms with E-state index in [1.54, 1.807) is 23.6 Å². The van der Waals surface area contributed by atoms with Gasteiger partial charge in [-0.05, 0) is 19.1 Å². The van der Waals surface area contributed by atoms with E-state index in [9.17, 15) is 0 Å². The Kier molecular flexibility index (Phi) is 4.19. The topological polar surface area (TPSA) is 27.1 Å². The summed E-state index contributed by atoms with van der Waals surface area (Å²) in [6.45, 7) is 1.98. The lowest BCUT2D eigenvalue weighted by molar-refractivity contribution is 0.405. The zero-order valence-corrected chi connectivity index (χ0v) is 12.2. The Morgan fingerprint density at radius 3 is 2.72 bits per heavy atom. The summed E-state index contributed by atoms with van der Waals surface area (Å²) >= 11 is 7.91. The van der Waals surface area contributed by atoms with Gasteiger partial charge in [0.15, 0.2) is 0 Å². The van der Waals surface area contributed by atoms with E-state index in [-0.39, 0.29) is 0 Å². The van der Waals surface area contributed by atoms with Crippen molar-refractivity contribution in [1.29, 1.82) is 0 Å². The maximum absolute atomic E-state index is 6.21. The van der Waals surface area contributed by atoms with Gasteiger partial charge in [-0.3, -0.25) is 4.68 Å². The van der Waals surface area contributed by atoms with E-state index in [1.165, 1.54) is 0 Å². The first-order valence-corrected chi connectivity index (χ1v) is 6.93. The zero-order chi connectivity index (χ0) is 13.1. The monoisotopic (exact) mass is 282 g/mol. The molecule has 0 aliphatic rings. The molecule has 0 aliphatic heterocycles. The van der Waals surface area contributed by atoms with Crippen LogP contribution in [0.1, 0.15) is 11.3 Å². The van der Waals surface area contributed by atoms with Crippen molar-refractivity contribution in [2.24, 2.45) is 7.05 Å². The van der Waals surface area contributed by atoms with Gasteiger partial charge in [-0.15, -0.1) is 11.8 Å². The molecule has 0 fully saturated rings. The average Bonchev–Trinajstić information content (AvgIpc) is 2.62. The highest BCUT2D eigenvalue weighted by Gasteiger charge is 2.12. The summed E-state index contributed by atoms with van der Waals surface area (Å²) in [4.78, 5) is 1.11. The Morgan fingerprint density at radius 1 is 1.39 bits per heavy atom. The number of methoxy groups -OCH3 is 1. The molecular formula is C13H15ClN2OS. The predicted molar refractivity (Wildman–Crippen MR) is 75.5 cm³/mol. The van der Waals surface area contributed by atoms with Crippen molar-refractivity contribution in [1.82, 2.24) is 9.78 Å². The van der Waals surface area contributed by atoms with Crippen LogP contribution in [-0.2, 0) is 12.8 Å². The molecule has 0 amide bonds. The SMILES string of the molecule is COc1ccccc1SCc1c(C)nn(C)c1Cl. The van der Waals surface area contributed by atoms with Crippen molar-refractivity contribution in [3.8, 4) is 5.75 Å². The minimum absolute atomic E-state index is 0.704. The maximum atomic E-state index is 6.21. The first-order chi connectivity index (χ1) is 8.63. The van der Waals surface area contributed by atoms with Crippen LogP contribution in [0.3, 0.4) is 0 Å². The van der Waals surface area contributed by atoms with Crippen molar-refractivity contribution in [3.05, 3.63) is 40.7 Å². The van der Waals surface area contributed by atoms with Gasteiger partial charge < -0.3 is 4.74 Å². The van der Waals surface area contributed by atoms with E-state index in [1.807, 2.05) is 38.2 Å². The quantitative estimate of drug-likeness (QED) is 0.801. The highest BCUT2D eigenvalue weighted by Crippen LogP contribution is 2.33. The van der Waals surface area contributed by atoms with Gasteiger partial charge in [0, 0.05) is 23.3 Å². The lowest BCUT2D eigenvalue weighted by Crippen LogP contribution is -1.89. The average molecular weight is 283 g/mol.